The normalized spacial score (nSPS) is 19.1. The van der Waals surface area contributed by atoms with Crippen LogP contribution in [0.15, 0.2) is 55.0 Å². The Bertz CT molecular complexity index is 967. The molecule has 6 heteroatoms. The number of nitrogens with zero attached hydrogens (tertiary/aromatic N) is 3. The van der Waals surface area contributed by atoms with E-state index >= 15 is 0 Å². The van der Waals surface area contributed by atoms with Crippen molar-refractivity contribution < 1.29 is 9.90 Å². The van der Waals surface area contributed by atoms with E-state index in [0.29, 0.717) is 5.69 Å². The van der Waals surface area contributed by atoms with Crippen molar-refractivity contribution in [3.05, 3.63) is 77.4 Å². The van der Waals surface area contributed by atoms with E-state index in [1.54, 1.807) is 12.4 Å². The number of carbonyl (C=O) groups excluding carboxylic acids is 1. The number of rotatable bonds is 5. The van der Waals surface area contributed by atoms with Gasteiger partial charge in [0.1, 0.15) is 5.69 Å². The van der Waals surface area contributed by atoms with Gasteiger partial charge in [-0.05, 0) is 67.1 Å². The highest BCUT2D eigenvalue weighted by Gasteiger charge is 2.25. The summed E-state index contributed by atoms with van der Waals surface area (Å²) in [5, 5.41) is 17.3. The molecule has 6 nitrogen and oxygen atoms in total. The first-order valence-electron chi connectivity index (χ1n) is 10.1. The maximum Gasteiger partial charge on any atom is 0.270 e. The Hall–Kier alpha value is -2.99. The average Bonchev–Trinajstić information content (AvgIpc) is 3.27. The molecule has 1 aliphatic rings. The van der Waals surface area contributed by atoms with Gasteiger partial charge in [-0.2, -0.15) is 5.10 Å². The third-order valence-corrected chi connectivity index (χ3v) is 5.59. The summed E-state index contributed by atoms with van der Waals surface area (Å²) in [6.45, 7) is 2.01. The lowest BCUT2D eigenvalue weighted by Crippen LogP contribution is -2.45. The van der Waals surface area contributed by atoms with Gasteiger partial charge in [0.15, 0.2) is 0 Å². The van der Waals surface area contributed by atoms with E-state index in [1.165, 1.54) is 0 Å². The zero-order valence-electron chi connectivity index (χ0n) is 16.6. The van der Waals surface area contributed by atoms with Crippen LogP contribution in [0.25, 0.3) is 5.69 Å². The minimum absolute atomic E-state index is 0.183. The number of hydrogen-bond acceptors (Lipinski definition) is 4. The van der Waals surface area contributed by atoms with E-state index in [2.05, 4.69) is 27.5 Å². The lowest BCUT2D eigenvalue weighted by molar-refractivity contribution is 0.0713. The Balaban J connectivity index is 1.47. The molecular weight excluding hydrogens is 364 g/mol. The Kier molecular flexibility index (Phi) is 5.71. The smallest absolute Gasteiger partial charge is 0.270 e. The van der Waals surface area contributed by atoms with Crippen LogP contribution in [0, 0.1) is 6.92 Å². The van der Waals surface area contributed by atoms with Crippen molar-refractivity contribution in [2.75, 3.05) is 0 Å². The molecule has 150 valence electrons. The molecule has 1 fully saturated rings. The molecule has 0 aliphatic heterocycles. The van der Waals surface area contributed by atoms with Crippen molar-refractivity contribution in [1.82, 2.24) is 20.1 Å². The quantitative estimate of drug-likeness (QED) is 0.701. The van der Waals surface area contributed by atoms with Gasteiger partial charge in [0.05, 0.1) is 17.8 Å². The number of nitrogens with one attached hydrogen (secondary N) is 1. The molecule has 1 aromatic carbocycles. The Morgan fingerprint density at radius 3 is 2.76 bits per heavy atom. The number of aryl methyl sites for hydroxylation is 1. The molecule has 2 heterocycles. The largest absolute Gasteiger partial charge is 0.391 e. The van der Waals surface area contributed by atoms with Gasteiger partial charge in [0.25, 0.3) is 5.91 Å². The van der Waals surface area contributed by atoms with Gasteiger partial charge in [-0.25, -0.2) is 4.68 Å². The zero-order chi connectivity index (χ0) is 20.2. The lowest BCUT2D eigenvalue weighted by atomic mass is 9.92. The second-order valence-corrected chi connectivity index (χ2v) is 7.72. The molecule has 2 aromatic heterocycles. The fourth-order valence-electron chi connectivity index (χ4n) is 3.81. The summed E-state index contributed by atoms with van der Waals surface area (Å²) in [5.41, 5.74) is 4.69. The van der Waals surface area contributed by atoms with Crippen molar-refractivity contribution in [3.8, 4) is 5.69 Å². The summed E-state index contributed by atoms with van der Waals surface area (Å²) in [4.78, 5) is 17.0. The molecular formula is C23H26N4O2. The van der Waals surface area contributed by atoms with Crippen LogP contribution in [-0.4, -0.2) is 37.9 Å². The number of aromatic nitrogens is 3. The van der Waals surface area contributed by atoms with E-state index in [4.69, 9.17) is 0 Å². The number of amides is 1. The van der Waals surface area contributed by atoms with Crippen LogP contribution in [0.2, 0.25) is 0 Å². The van der Waals surface area contributed by atoms with Crippen molar-refractivity contribution in [1.29, 1.82) is 0 Å². The number of pyridine rings is 1. The minimum Gasteiger partial charge on any atom is -0.391 e. The van der Waals surface area contributed by atoms with E-state index < -0.39 is 6.10 Å². The Morgan fingerprint density at radius 2 is 2.03 bits per heavy atom. The van der Waals surface area contributed by atoms with Gasteiger partial charge in [-0.15, -0.1) is 0 Å². The van der Waals surface area contributed by atoms with Gasteiger partial charge in [-0.1, -0.05) is 25.0 Å². The second kappa shape index (κ2) is 8.57. The van der Waals surface area contributed by atoms with Gasteiger partial charge in [-0.3, -0.25) is 9.78 Å². The van der Waals surface area contributed by atoms with Crippen molar-refractivity contribution >= 4 is 5.91 Å². The van der Waals surface area contributed by atoms with Gasteiger partial charge in [0.2, 0.25) is 0 Å². The molecule has 1 saturated carbocycles. The molecule has 29 heavy (non-hydrogen) atoms. The predicted octanol–water partition coefficient (Wildman–Crippen LogP) is 3.20. The third kappa shape index (κ3) is 4.54. The molecule has 0 saturated heterocycles. The van der Waals surface area contributed by atoms with Crippen molar-refractivity contribution in [2.24, 2.45) is 0 Å². The highest BCUT2D eigenvalue weighted by Crippen LogP contribution is 2.20. The first-order valence-corrected chi connectivity index (χ1v) is 10.1. The monoisotopic (exact) mass is 390 g/mol. The van der Waals surface area contributed by atoms with Crippen LogP contribution in [0.1, 0.15) is 52.9 Å². The first kappa shape index (κ1) is 19.3. The SMILES string of the molecule is Cc1cnc(C(=O)NC2CCCCC2O)cc1Cc1ccc(-n2cccn2)cc1. The molecule has 0 radical (unpaired) electrons. The topological polar surface area (TPSA) is 80.0 Å². The third-order valence-electron chi connectivity index (χ3n) is 5.59. The molecule has 1 amide bonds. The van der Waals surface area contributed by atoms with E-state index in [9.17, 15) is 9.90 Å². The van der Waals surface area contributed by atoms with Crippen LogP contribution < -0.4 is 5.32 Å². The maximum absolute atomic E-state index is 12.7. The molecule has 2 N–H and O–H groups in total. The van der Waals surface area contributed by atoms with Gasteiger partial charge < -0.3 is 10.4 Å². The fourth-order valence-corrected chi connectivity index (χ4v) is 3.81. The number of aliphatic hydroxyl groups is 1. The number of aliphatic hydroxyl groups excluding tert-OH is 1. The molecule has 3 aromatic rings. The molecule has 2 unspecified atom stereocenters. The second-order valence-electron chi connectivity index (χ2n) is 7.72. The fraction of sp³-hybridized carbons (Fsp3) is 0.348. The maximum atomic E-state index is 12.7. The number of benzene rings is 1. The standard InChI is InChI=1S/C23H26N4O2/c1-16-15-24-21(23(29)26-20-5-2-3-6-22(20)28)14-18(16)13-17-7-9-19(10-8-17)27-12-4-11-25-27/h4,7-12,14-15,20,22,28H,2-3,5-6,13H2,1H3,(H,26,29). The van der Waals surface area contributed by atoms with Crippen LogP contribution >= 0.6 is 0 Å². The summed E-state index contributed by atoms with van der Waals surface area (Å²) in [6.07, 6.45) is 9.28. The first-order chi connectivity index (χ1) is 14.1. The highest BCUT2D eigenvalue weighted by molar-refractivity contribution is 5.92. The molecule has 0 spiro atoms. The number of carbonyl (C=O) groups is 1. The predicted molar refractivity (Wildman–Crippen MR) is 111 cm³/mol. The molecule has 1 aliphatic carbocycles. The summed E-state index contributed by atoms with van der Waals surface area (Å²) >= 11 is 0. The van der Waals surface area contributed by atoms with Crippen LogP contribution in [0.5, 0.6) is 0 Å². The summed E-state index contributed by atoms with van der Waals surface area (Å²) < 4.78 is 1.82. The van der Waals surface area contributed by atoms with Crippen molar-refractivity contribution in [3.63, 3.8) is 0 Å². The average molecular weight is 390 g/mol. The van der Waals surface area contributed by atoms with Crippen LogP contribution in [0.4, 0.5) is 0 Å². The van der Waals surface area contributed by atoms with Crippen LogP contribution in [0.3, 0.4) is 0 Å². The van der Waals surface area contributed by atoms with Crippen LogP contribution in [-0.2, 0) is 6.42 Å². The van der Waals surface area contributed by atoms with Gasteiger partial charge >= 0.3 is 0 Å². The molecule has 0 bridgehead atoms. The van der Waals surface area contributed by atoms with E-state index in [1.807, 2.05) is 42.1 Å². The summed E-state index contributed by atoms with van der Waals surface area (Å²) in [7, 11) is 0. The number of hydrogen-bond donors (Lipinski definition) is 2. The lowest BCUT2D eigenvalue weighted by Gasteiger charge is -2.28. The van der Waals surface area contributed by atoms with E-state index in [-0.39, 0.29) is 11.9 Å². The zero-order valence-corrected chi connectivity index (χ0v) is 16.6. The molecule has 4 rings (SSSR count). The van der Waals surface area contributed by atoms with Crippen molar-refractivity contribution in [2.45, 2.75) is 51.2 Å². The molecule has 2 atom stereocenters. The van der Waals surface area contributed by atoms with E-state index in [0.717, 1.165) is 54.5 Å². The minimum atomic E-state index is -0.467. The summed E-state index contributed by atoms with van der Waals surface area (Å²) in [6, 6.07) is 11.8. The Morgan fingerprint density at radius 1 is 1.24 bits per heavy atom. The Labute approximate surface area is 170 Å². The van der Waals surface area contributed by atoms with Gasteiger partial charge in [0, 0.05) is 18.6 Å². The summed E-state index contributed by atoms with van der Waals surface area (Å²) in [5.74, 6) is -0.216. The highest BCUT2D eigenvalue weighted by atomic mass is 16.3.